The molecule has 2 N–H and O–H groups in total. The molecule has 0 saturated carbocycles. The topological polar surface area (TPSA) is 78.5 Å². The third-order valence-electron chi connectivity index (χ3n) is 4.53. The molecule has 0 radical (unpaired) electrons. The van der Waals surface area contributed by atoms with Gasteiger partial charge in [0.1, 0.15) is 0 Å². The lowest BCUT2D eigenvalue weighted by Crippen LogP contribution is -2.25. The number of amides is 1. The SMILES string of the molecule is CS(=O)(=O)Nc1cccc(C(=O)Nc2ccccc2N2CCCCCC2)c1. The van der Waals surface area contributed by atoms with E-state index < -0.39 is 10.0 Å². The number of sulfonamides is 1. The standard InChI is InChI=1S/C20H25N3O3S/c1-27(25,26)22-17-10-8-9-16(15-17)20(24)21-18-11-4-5-12-19(18)23-13-6-2-3-7-14-23/h4-5,8-12,15,22H,2-3,6-7,13-14H2,1H3,(H,21,24). The molecule has 2 aromatic carbocycles. The van der Waals surface area contributed by atoms with Crippen molar-refractivity contribution in [2.24, 2.45) is 0 Å². The maximum atomic E-state index is 12.7. The first-order valence-electron chi connectivity index (χ1n) is 9.15. The number of carbonyl (C=O) groups is 1. The van der Waals surface area contributed by atoms with Crippen LogP contribution in [0.3, 0.4) is 0 Å². The van der Waals surface area contributed by atoms with Crippen LogP contribution < -0.4 is 14.9 Å². The van der Waals surface area contributed by atoms with Crippen LogP contribution in [-0.2, 0) is 10.0 Å². The maximum Gasteiger partial charge on any atom is 0.255 e. The molecule has 0 atom stereocenters. The Kier molecular flexibility index (Phi) is 6.01. The second-order valence-corrected chi connectivity index (χ2v) is 8.58. The summed E-state index contributed by atoms with van der Waals surface area (Å²) in [4.78, 5) is 15.1. The molecule has 0 bridgehead atoms. The highest BCUT2D eigenvalue weighted by molar-refractivity contribution is 7.92. The number of para-hydroxylation sites is 2. The third-order valence-corrected chi connectivity index (χ3v) is 5.13. The minimum atomic E-state index is -3.39. The summed E-state index contributed by atoms with van der Waals surface area (Å²) in [6.45, 7) is 1.97. The summed E-state index contributed by atoms with van der Waals surface area (Å²) in [5.41, 5.74) is 2.56. The zero-order chi connectivity index (χ0) is 19.3. The van der Waals surface area contributed by atoms with Gasteiger partial charge in [0.05, 0.1) is 17.6 Å². The predicted octanol–water partition coefficient (Wildman–Crippen LogP) is 3.69. The molecule has 1 fully saturated rings. The van der Waals surface area contributed by atoms with Crippen molar-refractivity contribution < 1.29 is 13.2 Å². The molecule has 0 spiro atoms. The Morgan fingerprint density at radius 1 is 0.963 bits per heavy atom. The van der Waals surface area contributed by atoms with Crippen LogP contribution in [0.15, 0.2) is 48.5 Å². The molecule has 0 unspecified atom stereocenters. The molecule has 0 aliphatic carbocycles. The number of anilines is 3. The number of hydrogen-bond donors (Lipinski definition) is 2. The van der Waals surface area contributed by atoms with Gasteiger partial charge in [-0.1, -0.05) is 31.0 Å². The zero-order valence-corrected chi connectivity index (χ0v) is 16.3. The highest BCUT2D eigenvalue weighted by Gasteiger charge is 2.16. The largest absolute Gasteiger partial charge is 0.370 e. The lowest BCUT2D eigenvalue weighted by Gasteiger charge is -2.25. The van der Waals surface area contributed by atoms with Crippen LogP contribution in [0, 0.1) is 0 Å². The zero-order valence-electron chi connectivity index (χ0n) is 15.4. The monoisotopic (exact) mass is 387 g/mol. The molecular formula is C20H25N3O3S. The Hall–Kier alpha value is -2.54. The number of carbonyl (C=O) groups excluding carboxylic acids is 1. The average molecular weight is 388 g/mol. The molecule has 144 valence electrons. The van der Waals surface area contributed by atoms with Gasteiger partial charge >= 0.3 is 0 Å². The van der Waals surface area contributed by atoms with Crippen LogP contribution in [0.25, 0.3) is 0 Å². The Balaban J connectivity index is 1.79. The second kappa shape index (κ2) is 8.43. The first-order valence-corrected chi connectivity index (χ1v) is 11.0. The molecule has 1 amide bonds. The highest BCUT2D eigenvalue weighted by Crippen LogP contribution is 2.28. The molecular weight excluding hydrogens is 362 g/mol. The van der Waals surface area contributed by atoms with Crippen molar-refractivity contribution >= 4 is 33.0 Å². The normalized spacial score (nSPS) is 15.1. The lowest BCUT2D eigenvalue weighted by molar-refractivity contribution is 0.102. The van der Waals surface area contributed by atoms with Crippen molar-refractivity contribution in [2.45, 2.75) is 25.7 Å². The first kappa shape index (κ1) is 19.2. The molecule has 1 aliphatic rings. The van der Waals surface area contributed by atoms with Crippen LogP contribution >= 0.6 is 0 Å². The van der Waals surface area contributed by atoms with Gasteiger partial charge in [-0.15, -0.1) is 0 Å². The third kappa shape index (κ3) is 5.47. The Morgan fingerprint density at radius 3 is 2.37 bits per heavy atom. The summed E-state index contributed by atoms with van der Waals surface area (Å²) in [6.07, 6.45) is 5.87. The van der Waals surface area contributed by atoms with Crippen molar-refractivity contribution in [3.05, 3.63) is 54.1 Å². The molecule has 27 heavy (non-hydrogen) atoms. The Bertz CT molecular complexity index is 904. The molecule has 1 heterocycles. The van der Waals surface area contributed by atoms with Crippen molar-refractivity contribution in [1.29, 1.82) is 0 Å². The molecule has 6 nitrogen and oxygen atoms in total. The molecule has 2 aromatic rings. The summed E-state index contributed by atoms with van der Waals surface area (Å²) in [6, 6.07) is 14.3. The molecule has 3 rings (SSSR count). The van der Waals surface area contributed by atoms with Gasteiger partial charge in [-0.3, -0.25) is 9.52 Å². The van der Waals surface area contributed by atoms with E-state index >= 15 is 0 Å². The minimum absolute atomic E-state index is 0.269. The van der Waals surface area contributed by atoms with E-state index in [1.54, 1.807) is 18.2 Å². The van der Waals surface area contributed by atoms with Crippen LogP contribution in [0.2, 0.25) is 0 Å². The lowest BCUT2D eigenvalue weighted by atomic mass is 10.1. The Morgan fingerprint density at radius 2 is 1.67 bits per heavy atom. The quantitative estimate of drug-likeness (QED) is 0.820. The average Bonchev–Trinajstić information content (AvgIpc) is 2.90. The van der Waals surface area contributed by atoms with E-state index in [0.717, 1.165) is 43.6 Å². The van der Waals surface area contributed by atoms with Gasteiger partial charge in [-0.2, -0.15) is 0 Å². The van der Waals surface area contributed by atoms with Crippen molar-refractivity contribution in [3.63, 3.8) is 0 Å². The fourth-order valence-corrected chi connectivity index (χ4v) is 3.85. The van der Waals surface area contributed by atoms with Crippen LogP contribution in [0.5, 0.6) is 0 Å². The summed E-state index contributed by atoms with van der Waals surface area (Å²) >= 11 is 0. The van der Waals surface area contributed by atoms with Crippen LogP contribution in [0.4, 0.5) is 17.1 Å². The van der Waals surface area contributed by atoms with E-state index in [9.17, 15) is 13.2 Å². The van der Waals surface area contributed by atoms with E-state index in [-0.39, 0.29) is 5.91 Å². The number of benzene rings is 2. The van der Waals surface area contributed by atoms with Gasteiger partial charge in [0.2, 0.25) is 10.0 Å². The van der Waals surface area contributed by atoms with Crippen molar-refractivity contribution in [3.8, 4) is 0 Å². The van der Waals surface area contributed by atoms with Gasteiger partial charge in [0.15, 0.2) is 0 Å². The minimum Gasteiger partial charge on any atom is -0.370 e. The van der Waals surface area contributed by atoms with E-state index in [1.165, 1.54) is 18.9 Å². The molecule has 7 heteroatoms. The summed E-state index contributed by atoms with van der Waals surface area (Å²) in [7, 11) is -3.39. The molecule has 1 saturated heterocycles. The van der Waals surface area contributed by atoms with E-state index in [0.29, 0.717) is 11.3 Å². The van der Waals surface area contributed by atoms with Crippen molar-refractivity contribution in [2.75, 3.05) is 34.3 Å². The van der Waals surface area contributed by atoms with E-state index in [1.807, 2.05) is 24.3 Å². The number of rotatable bonds is 5. The predicted molar refractivity (Wildman–Crippen MR) is 110 cm³/mol. The summed E-state index contributed by atoms with van der Waals surface area (Å²) in [5.74, 6) is -0.269. The smallest absolute Gasteiger partial charge is 0.255 e. The van der Waals surface area contributed by atoms with Gasteiger partial charge in [0, 0.05) is 24.3 Å². The Labute approximate surface area is 160 Å². The fraction of sp³-hybridized carbons (Fsp3) is 0.350. The van der Waals surface area contributed by atoms with Crippen LogP contribution in [0.1, 0.15) is 36.0 Å². The number of nitrogens with zero attached hydrogens (tertiary/aromatic N) is 1. The summed E-state index contributed by atoms with van der Waals surface area (Å²) in [5, 5.41) is 2.98. The van der Waals surface area contributed by atoms with Crippen molar-refractivity contribution in [1.82, 2.24) is 0 Å². The fourth-order valence-electron chi connectivity index (χ4n) is 3.30. The van der Waals surface area contributed by atoms with Gasteiger partial charge in [0.25, 0.3) is 5.91 Å². The molecule has 0 aromatic heterocycles. The summed E-state index contributed by atoms with van der Waals surface area (Å²) < 4.78 is 25.2. The van der Waals surface area contributed by atoms with E-state index in [4.69, 9.17) is 0 Å². The van der Waals surface area contributed by atoms with Gasteiger partial charge in [-0.25, -0.2) is 8.42 Å². The number of hydrogen-bond acceptors (Lipinski definition) is 4. The van der Waals surface area contributed by atoms with Crippen LogP contribution in [-0.4, -0.2) is 33.7 Å². The second-order valence-electron chi connectivity index (χ2n) is 6.83. The highest BCUT2D eigenvalue weighted by atomic mass is 32.2. The van der Waals surface area contributed by atoms with Gasteiger partial charge < -0.3 is 10.2 Å². The van der Waals surface area contributed by atoms with E-state index in [2.05, 4.69) is 14.9 Å². The first-order chi connectivity index (χ1) is 12.9. The maximum absolute atomic E-state index is 12.7. The molecule has 1 aliphatic heterocycles. The number of nitrogens with one attached hydrogen (secondary N) is 2. The van der Waals surface area contributed by atoms with Gasteiger partial charge in [-0.05, 0) is 43.2 Å².